The van der Waals surface area contributed by atoms with E-state index in [1.54, 1.807) is 6.20 Å². The average Bonchev–Trinajstić information content (AvgIpc) is 2.67. The zero-order valence-electron chi connectivity index (χ0n) is 9.44. The summed E-state index contributed by atoms with van der Waals surface area (Å²) in [5.74, 6) is 1.70. The van der Waals surface area contributed by atoms with E-state index in [0.717, 1.165) is 36.6 Å². The second-order valence-electron chi connectivity index (χ2n) is 3.96. The summed E-state index contributed by atoms with van der Waals surface area (Å²) in [6.45, 7) is 1.91. The van der Waals surface area contributed by atoms with Crippen molar-refractivity contribution in [3.63, 3.8) is 0 Å². The van der Waals surface area contributed by atoms with Crippen molar-refractivity contribution >= 4 is 5.69 Å². The van der Waals surface area contributed by atoms with Gasteiger partial charge in [0.1, 0.15) is 5.76 Å². The van der Waals surface area contributed by atoms with Crippen LogP contribution in [0.1, 0.15) is 23.6 Å². The van der Waals surface area contributed by atoms with E-state index in [-0.39, 0.29) is 0 Å². The van der Waals surface area contributed by atoms with Gasteiger partial charge in [0.2, 0.25) is 0 Å². The predicted molar refractivity (Wildman–Crippen MR) is 64.1 cm³/mol. The van der Waals surface area contributed by atoms with Gasteiger partial charge in [-0.3, -0.25) is 0 Å². The van der Waals surface area contributed by atoms with E-state index in [2.05, 4.69) is 17.1 Å². The highest BCUT2D eigenvalue weighted by Crippen LogP contribution is 2.10. The molecule has 84 valence electrons. The molecule has 0 saturated heterocycles. The maximum Gasteiger partial charge on any atom is 0.194 e. The Bertz CT molecular complexity index is 445. The van der Waals surface area contributed by atoms with E-state index in [1.165, 1.54) is 5.56 Å². The highest BCUT2D eigenvalue weighted by atomic mass is 16.3. The number of nitrogens with two attached hydrogens (primary N) is 1. The first-order chi connectivity index (χ1) is 7.74. The third-order valence-electron chi connectivity index (χ3n) is 2.50. The van der Waals surface area contributed by atoms with Gasteiger partial charge in [-0.2, -0.15) is 0 Å². The molecule has 2 rings (SSSR count). The summed E-state index contributed by atoms with van der Waals surface area (Å²) < 4.78 is 5.41. The Kier molecular flexibility index (Phi) is 3.25. The molecule has 2 aromatic rings. The lowest BCUT2D eigenvalue weighted by Gasteiger charge is -2.00. The topological polar surface area (TPSA) is 52.0 Å². The summed E-state index contributed by atoms with van der Waals surface area (Å²) in [7, 11) is 0. The summed E-state index contributed by atoms with van der Waals surface area (Å²) in [6.07, 6.45) is 4.72. The van der Waals surface area contributed by atoms with Crippen molar-refractivity contribution in [2.24, 2.45) is 0 Å². The average molecular weight is 216 g/mol. The van der Waals surface area contributed by atoms with Crippen LogP contribution < -0.4 is 5.73 Å². The summed E-state index contributed by atoms with van der Waals surface area (Å²) in [4.78, 5) is 4.17. The molecule has 0 fully saturated rings. The normalized spacial score (nSPS) is 10.6. The monoisotopic (exact) mass is 216 g/mol. The van der Waals surface area contributed by atoms with Crippen LogP contribution >= 0.6 is 0 Å². The molecular weight excluding hydrogens is 200 g/mol. The van der Waals surface area contributed by atoms with Gasteiger partial charge >= 0.3 is 0 Å². The van der Waals surface area contributed by atoms with Crippen molar-refractivity contribution < 1.29 is 4.42 Å². The van der Waals surface area contributed by atoms with Crippen molar-refractivity contribution in [1.82, 2.24) is 4.98 Å². The molecule has 1 aromatic carbocycles. The Labute approximate surface area is 95.3 Å². The number of oxazole rings is 1. The molecule has 3 nitrogen and oxygen atoms in total. The Hall–Kier alpha value is -1.77. The van der Waals surface area contributed by atoms with Crippen LogP contribution in [0, 0.1) is 6.92 Å². The number of aryl methyl sites for hydroxylation is 3. The number of nitrogens with zero attached hydrogens (tertiary/aromatic N) is 1. The molecule has 0 amide bonds. The molecular formula is C13H16N2O. The Morgan fingerprint density at radius 3 is 2.56 bits per heavy atom. The second-order valence-corrected chi connectivity index (χ2v) is 3.96. The number of anilines is 1. The lowest BCUT2D eigenvalue weighted by atomic mass is 10.1. The van der Waals surface area contributed by atoms with Gasteiger partial charge in [0.05, 0.1) is 6.20 Å². The number of rotatable bonds is 4. The molecule has 1 heterocycles. The van der Waals surface area contributed by atoms with Crippen molar-refractivity contribution in [2.45, 2.75) is 26.2 Å². The quantitative estimate of drug-likeness (QED) is 0.799. The van der Waals surface area contributed by atoms with Crippen LogP contribution in [0.2, 0.25) is 0 Å². The largest absolute Gasteiger partial charge is 0.446 e. The highest BCUT2D eigenvalue weighted by molar-refractivity contribution is 5.39. The summed E-state index contributed by atoms with van der Waals surface area (Å²) >= 11 is 0. The van der Waals surface area contributed by atoms with Crippen LogP contribution in [0.25, 0.3) is 0 Å². The molecule has 0 radical (unpaired) electrons. The van der Waals surface area contributed by atoms with Gasteiger partial charge in [-0.15, -0.1) is 0 Å². The summed E-state index contributed by atoms with van der Waals surface area (Å²) in [5, 5.41) is 0. The summed E-state index contributed by atoms with van der Waals surface area (Å²) in [5.41, 5.74) is 7.74. The minimum absolute atomic E-state index is 0.812. The molecule has 0 aliphatic rings. The molecule has 0 saturated carbocycles. The number of hydrogen-bond acceptors (Lipinski definition) is 3. The molecule has 0 aliphatic carbocycles. The molecule has 16 heavy (non-hydrogen) atoms. The third kappa shape index (κ3) is 2.86. The molecule has 0 bridgehead atoms. The summed E-state index contributed by atoms with van der Waals surface area (Å²) in [6, 6.07) is 8.00. The second kappa shape index (κ2) is 4.84. The van der Waals surface area contributed by atoms with Crippen LogP contribution in [0.4, 0.5) is 5.69 Å². The number of aromatic nitrogens is 1. The fourth-order valence-electron chi connectivity index (χ4n) is 1.65. The standard InChI is InChI=1S/C13H16N2O/c1-10-9-15-13(16-10)4-2-3-11-5-7-12(14)8-6-11/h5-9H,2-4,14H2,1H3. The first kappa shape index (κ1) is 10.7. The molecule has 0 unspecified atom stereocenters. The number of benzene rings is 1. The zero-order chi connectivity index (χ0) is 11.4. The van der Waals surface area contributed by atoms with Gasteiger partial charge < -0.3 is 10.2 Å². The molecule has 2 N–H and O–H groups in total. The van der Waals surface area contributed by atoms with Gasteiger partial charge in [-0.1, -0.05) is 12.1 Å². The van der Waals surface area contributed by atoms with Gasteiger partial charge in [0.15, 0.2) is 5.89 Å². The molecule has 3 heteroatoms. The number of hydrogen-bond donors (Lipinski definition) is 1. The highest BCUT2D eigenvalue weighted by Gasteiger charge is 2.00. The van der Waals surface area contributed by atoms with Gasteiger partial charge in [0, 0.05) is 12.1 Å². The molecule has 1 aromatic heterocycles. The minimum atomic E-state index is 0.812. The fourth-order valence-corrected chi connectivity index (χ4v) is 1.65. The first-order valence-corrected chi connectivity index (χ1v) is 5.50. The number of nitrogen functional groups attached to an aromatic ring is 1. The lowest BCUT2D eigenvalue weighted by Crippen LogP contribution is -1.91. The molecule has 0 aliphatic heterocycles. The third-order valence-corrected chi connectivity index (χ3v) is 2.50. The van der Waals surface area contributed by atoms with Crippen LogP contribution in [0.3, 0.4) is 0 Å². The van der Waals surface area contributed by atoms with E-state index in [0.29, 0.717) is 0 Å². The van der Waals surface area contributed by atoms with Crippen molar-refractivity contribution in [2.75, 3.05) is 5.73 Å². The lowest BCUT2D eigenvalue weighted by molar-refractivity contribution is 0.465. The van der Waals surface area contributed by atoms with E-state index >= 15 is 0 Å². The molecule has 0 spiro atoms. The van der Waals surface area contributed by atoms with E-state index in [1.807, 2.05) is 19.1 Å². The minimum Gasteiger partial charge on any atom is -0.446 e. The zero-order valence-corrected chi connectivity index (χ0v) is 9.44. The van der Waals surface area contributed by atoms with Gasteiger partial charge in [0.25, 0.3) is 0 Å². The van der Waals surface area contributed by atoms with Crippen molar-refractivity contribution in [1.29, 1.82) is 0 Å². The smallest absolute Gasteiger partial charge is 0.194 e. The maximum atomic E-state index is 5.62. The maximum absolute atomic E-state index is 5.62. The van der Waals surface area contributed by atoms with E-state index in [4.69, 9.17) is 10.2 Å². The van der Waals surface area contributed by atoms with E-state index in [9.17, 15) is 0 Å². The van der Waals surface area contributed by atoms with Gasteiger partial charge in [-0.05, 0) is 37.5 Å². The fraction of sp³-hybridized carbons (Fsp3) is 0.308. The predicted octanol–water partition coefficient (Wildman–Crippen LogP) is 2.74. The van der Waals surface area contributed by atoms with Crippen molar-refractivity contribution in [3.8, 4) is 0 Å². The SMILES string of the molecule is Cc1cnc(CCCc2ccc(N)cc2)o1. The van der Waals surface area contributed by atoms with Gasteiger partial charge in [-0.25, -0.2) is 4.98 Å². The van der Waals surface area contributed by atoms with E-state index < -0.39 is 0 Å². The van der Waals surface area contributed by atoms with Crippen LogP contribution in [0.5, 0.6) is 0 Å². The first-order valence-electron chi connectivity index (χ1n) is 5.50. The van der Waals surface area contributed by atoms with Crippen LogP contribution in [-0.2, 0) is 12.8 Å². The molecule has 0 atom stereocenters. The van der Waals surface area contributed by atoms with Crippen LogP contribution in [0.15, 0.2) is 34.9 Å². The Morgan fingerprint density at radius 1 is 1.19 bits per heavy atom. The van der Waals surface area contributed by atoms with Crippen LogP contribution in [-0.4, -0.2) is 4.98 Å². The van der Waals surface area contributed by atoms with Crippen molar-refractivity contribution in [3.05, 3.63) is 47.7 Å². The Balaban J connectivity index is 1.82. The Morgan fingerprint density at radius 2 is 1.94 bits per heavy atom.